The molecule has 0 aliphatic heterocycles. The molecule has 0 fully saturated rings. The summed E-state index contributed by atoms with van der Waals surface area (Å²) in [5, 5.41) is 12.9. The van der Waals surface area contributed by atoms with E-state index in [1.54, 1.807) is 0 Å². The van der Waals surface area contributed by atoms with Crippen molar-refractivity contribution in [3.63, 3.8) is 0 Å². The molecule has 3 aromatic rings. The van der Waals surface area contributed by atoms with Crippen LogP contribution in [0.3, 0.4) is 0 Å². The van der Waals surface area contributed by atoms with Crippen LogP contribution >= 0.6 is 11.3 Å². The van der Waals surface area contributed by atoms with Gasteiger partial charge in [0.25, 0.3) is 11.6 Å². The van der Waals surface area contributed by atoms with Crippen LogP contribution in [0.2, 0.25) is 0 Å². The molecular weight excluding hydrogens is 453 g/mol. The molecule has 10 nitrogen and oxygen atoms in total. The summed E-state index contributed by atoms with van der Waals surface area (Å²) in [6.45, 7) is -0.666. The van der Waals surface area contributed by atoms with Crippen molar-refractivity contribution in [3.8, 4) is 0 Å². The lowest BCUT2D eigenvalue weighted by atomic mass is 10.2. The Labute approximate surface area is 178 Å². The zero-order valence-corrected chi connectivity index (χ0v) is 17.0. The molecule has 31 heavy (non-hydrogen) atoms. The summed E-state index contributed by atoms with van der Waals surface area (Å²) in [4.78, 5) is 37.4. The molecule has 0 aliphatic rings. The maximum atomic E-state index is 12.9. The normalized spacial score (nSPS) is 11.0. The van der Waals surface area contributed by atoms with Crippen LogP contribution in [0.15, 0.2) is 63.8 Å². The fourth-order valence-electron chi connectivity index (χ4n) is 2.26. The molecule has 1 heterocycles. The average Bonchev–Trinajstić information content (AvgIpc) is 3.22. The number of nitrogens with one attached hydrogen (secondary N) is 1. The van der Waals surface area contributed by atoms with Gasteiger partial charge in [0, 0.05) is 12.1 Å². The van der Waals surface area contributed by atoms with Crippen LogP contribution in [0.1, 0.15) is 10.4 Å². The molecule has 0 saturated heterocycles. The molecule has 0 radical (unpaired) electrons. The van der Waals surface area contributed by atoms with E-state index in [2.05, 4.69) is 10.3 Å². The van der Waals surface area contributed by atoms with Crippen molar-refractivity contribution < 1.29 is 32.1 Å². The maximum Gasteiger partial charge on any atom is 0.338 e. The molecule has 0 unspecified atom stereocenters. The van der Waals surface area contributed by atoms with Crippen molar-refractivity contribution in [3.05, 3.63) is 76.2 Å². The van der Waals surface area contributed by atoms with Gasteiger partial charge in [-0.05, 0) is 36.4 Å². The quantitative estimate of drug-likeness (QED) is 0.318. The first kappa shape index (κ1) is 22.0. The Morgan fingerprint density at radius 3 is 2.39 bits per heavy atom. The van der Waals surface area contributed by atoms with Crippen molar-refractivity contribution in [2.45, 2.75) is 9.10 Å². The Kier molecular flexibility index (Phi) is 6.36. The summed E-state index contributed by atoms with van der Waals surface area (Å²) in [5.74, 6) is -2.13. The molecule has 1 aromatic heterocycles. The fourth-order valence-corrected chi connectivity index (χ4v) is 4.71. The van der Waals surface area contributed by atoms with E-state index in [4.69, 9.17) is 4.74 Å². The highest BCUT2D eigenvalue weighted by Gasteiger charge is 2.22. The topological polar surface area (TPSA) is 146 Å². The third-order valence-electron chi connectivity index (χ3n) is 3.77. The highest BCUT2D eigenvalue weighted by molar-refractivity contribution is 7.93. The van der Waals surface area contributed by atoms with Gasteiger partial charge in [-0.15, -0.1) is 0 Å². The van der Waals surface area contributed by atoms with Crippen LogP contribution in [0.25, 0.3) is 0 Å². The maximum absolute atomic E-state index is 12.9. The predicted molar refractivity (Wildman–Crippen MR) is 106 cm³/mol. The van der Waals surface area contributed by atoms with E-state index in [-0.39, 0.29) is 25.5 Å². The number of nitro benzene ring substituents is 1. The highest BCUT2D eigenvalue weighted by atomic mass is 32.2. The van der Waals surface area contributed by atoms with E-state index in [0.717, 1.165) is 42.6 Å². The minimum absolute atomic E-state index is 0.0525. The van der Waals surface area contributed by atoms with E-state index in [1.807, 2.05) is 0 Å². The summed E-state index contributed by atoms with van der Waals surface area (Å²) in [5.41, 5.74) is -0.202. The van der Waals surface area contributed by atoms with Crippen molar-refractivity contribution in [2.24, 2.45) is 0 Å². The first-order valence-electron chi connectivity index (χ1n) is 8.35. The summed E-state index contributed by atoms with van der Waals surface area (Å²) in [7, 11) is -4.00. The molecule has 1 amide bonds. The minimum Gasteiger partial charge on any atom is -0.452 e. The average molecular weight is 465 g/mol. The molecule has 0 aliphatic carbocycles. The Hall–Kier alpha value is -3.71. The zero-order chi connectivity index (χ0) is 22.6. The lowest BCUT2D eigenvalue weighted by Gasteiger charge is -2.04. The number of carbonyl (C=O) groups excluding carboxylic acids is 2. The highest BCUT2D eigenvalue weighted by Crippen LogP contribution is 2.29. The van der Waals surface area contributed by atoms with Crippen molar-refractivity contribution in [1.29, 1.82) is 0 Å². The van der Waals surface area contributed by atoms with Crippen LogP contribution in [0.4, 0.5) is 15.2 Å². The SMILES string of the molecule is O=C(COC(=O)c1ccc(F)cc1)Nc1ncc(S(=O)(=O)c2ccc([N+](=O)[O-])cc2)s1. The summed E-state index contributed by atoms with van der Waals surface area (Å²) < 4.78 is 42.7. The molecule has 0 spiro atoms. The van der Waals surface area contributed by atoms with Gasteiger partial charge in [0.1, 0.15) is 10.0 Å². The standard InChI is InChI=1S/C18H12FN3O7S2/c19-12-3-1-11(2-4-12)17(24)29-10-15(23)21-18-20-9-16(30-18)31(27,28)14-7-5-13(6-8-14)22(25)26/h1-9H,10H2,(H,20,21,23). The number of amides is 1. The molecular formula is C18H12FN3O7S2. The van der Waals surface area contributed by atoms with Crippen LogP contribution < -0.4 is 5.32 Å². The number of aromatic nitrogens is 1. The summed E-state index contributed by atoms with van der Waals surface area (Å²) >= 11 is 0.659. The number of hydrogen-bond donors (Lipinski definition) is 1. The van der Waals surface area contributed by atoms with Gasteiger partial charge in [-0.1, -0.05) is 11.3 Å². The molecule has 0 saturated carbocycles. The third-order valence-corrected chi connectivity index (χ3v) is 6.91. The Bertz CT molecular complexity index is 1240. The number of thiazole rings is 1. The Morgan fingerprint density at radius 2 is 1.77 bits per heavy atom. The first-order chi connectivity index (χ1) is 14.7. The molecule has 0 atom stereocenters. The van der Waals surface area contributed by atoms with Gasteiger partial charge in [0.05, 0.1) is 21.6 Å². The largest absolute Gasteiger partial charge is 0.452 e. The van der Waals surface area contributed by atoms with E-state index in [1.165, 1.54) is 12.1 Å². The van der Waals surface area contributed by atoms with Crippen LogP contribution in [-0.4, -0.2) is 36.8 Å². The van der Waals surface area contributed by atoms with Crippen molar-refractivity contribution in [1.82, 2.24) is 4.98 Å². The molecule has 2 aromatic carbocycles. The lowest BCUT2D eigenvalue weighted by molar-refractivity contribution is -0.384. The number of esters is 1. The Morgan fingerprint density at radius 1 is 1.13 bits per heavy atom. The van der Waals surface area contributed by atoms with Crippen molar-refractivity contribution in [2.75, 3.05) is 11.9 Å². The third kappa shape index (κ3) is 5.26. The van der Waals surface area contributed by atoms with Gasteiger partial charge in [0.2, 0.25) is 9.84 Å². The lowest BCUT2D eigenvalue weighted by Crippen LogP contribution is -2.20. The second-order valence-electron chi connectivity index (χ2n) is 5.87. The van der Waals surface area contributed by atoms with Gasteiger partial charge >= 0.3 is 5.97 Å². The fraction of sp³-hybridized carbons (Fsp3) is 0.0556. The van der Waals surface area contributed by atoms with Gasteiger partial charge in [0.15, 0.2) is 11.7 Å². The smallest absolute Gasteiger partial charge is 0.338 e. The predicted octanol–water partition coefficient (Wildman–Crippen LogP) is 2.82. The number of nitro groups is 1. The molecule has 3 rings (SSSR count). The number of anilines is 1. The number of halogens is 1. The summed E-state index contributed by atoms with van der Waals surface area (Å²) in [6.07, 6.45) is 1.03. The van der Waals surface area contributed by atoms with Gasteiger partial charge in [-0.3, -0.25) is 20.2 Å². The summed E-state index contributed by atoms with van der Waals surface area (Å²) in [6, 6.07) is 8.86. The van der Waals surface area contributed by atoms with Crippen LogP contribution in [0, 0.1) is 15.9 Å². The number of benzene rings is 2. The number of sulfone groups is 1. The van der Waals surface area contributed by atoms with Crippen LogP contribution in [0.5, 0.6) is 0 Å². The minimum atomic E-state index is -4.00. The van der Waals surface area contributed by atoms with E-state index in [9.17, 15) is 32.5 Å². The van der Waals surface area contributed by atoms with Gasteiger partial charge < -0.3 is 4.74 Å². The molecule has 13 heteroatoms. The number of ether oxygens (including phenoxy) is 1. The first-order valence-corrected chi connectivity index (χ1v) is 10.6. The monoisotopic (exact) mass is 465 g/mol. The van der Waals surface area contributed by atoms with Gasteiger partial charge in [-0.2, -0.15) is 0 Å². The number of non-ortho nitro benzene ring substituents is 1. The second-order valence-corrected chi connectivity index (χ2v) is 9.08. The number of nitrogens with zero attached hydrogens (tertiary/aromatic N) is 2. The zero-order valence-electron chi connectivity index (χ0n) is 15.3. The van der Waals surface area contributed by atoms with E-state index in [0.29, 0.717) is 11.3 Å². The molecule has 1 N–H and O–H groups in total. The van der Waals surface area contributed by atoms with E-state index < -0.39 is 39.1 Å². The van der Waals surface area contributed by atoms with Crippen molar-refractivity contribution >= 4 is 43.9 Å². The number of hydrogen-bond acceptors (Lipinski definition) is 9. The van der Waals surface area contributed by atoms with E-state index >= 15 is 0 Å². The number of carbonyl (C=O) groups is 2. The van der Waals surface area contributed by atoms with Gasteiger partial charge in [-0.25, -0.2) is 22.6 Å². The second kappa shape index (κ2) is 8.97. The Balaban J connectivity index is 1.62. The molecule has 0 bridgehead atoms. The number of rotatable bonds is 7. The molecule has 160 valence electrons. The van der Waals surface area contributed by atoms with Crippen LogP contribution in [-0.2, 0) is 19.4 Å².